The van der Waals surface area contributed by atoms with Gasteiger partial charge in [0.15, 0.2) is 0 Å². The summed E-state index contributed by atoms with van der Waals surface area (Å²) >= 11 is 5.58. The molecule has 0 atom stereocenters. The molecule has 0 saturated carbocycles. The van der Waals surface area contributed by atoms with Crippen LogP contribution in [0.3, 0.4) is 0 Å². The van der Waals surface area contributed by atoms with Crippen molar-refractivity contribution in [3.8, 4) is 5.75 Å². The Balaban J connectivity index is 2.19. The molecule has 1 rings (SSSR count). The molecule has 90 valence electrons. The lowest BCUT2D eigenvalue weighted by Gasteiger charge is -2.07. The van der Waals surface area contributed by atoms with Gasteiger partial charge in [0.05, 0.1) is 6.61 Å². The van der Waals surface area contributed by atoms with Crippen molar-refractivity contribution in [1.29, 1.82) is 0 Å². The van der Waals surface area contributed by atoms with E-state index >= 15 is 0 Å². The SMILES string of the molecule is Cc1cc(OCCCCCCCl)ccc1F. The molecule has 0 aliphatic carbocycles. The lowest BCUT2D eigenvalue weighted by molar-refractivity contribution is 0.304. The maximum absolute atomic E-state index is 13.0. The van der Waals surface area contributed by atoms with Gasteiger partial charge in [-0.05, 0) is 43.5 Å². The monoisotopic (exact) mass is 244 g/mol. The minimum absolute atomic E-state index is 0.186. The number of alkyl halides is 1. The van der Waals surface area contributed by atoms with Crippen molar-refractivity contribution in [1.82, 2.24) is 0 Å². The van der Waals surface area contributed by atoms with Gasteiger partial charge >= 0.3 is 0 Å². The average Bonchev–Trinajstić information content (AvgIpc) is 2.28. The molecule has 0 bridgehead atoms. The Morgan fingerprint density at radius 3 is 2.62 bits per heavy atom. The Hall–Kier alpha value is -0.760. The topological polar surface area (TPSA) is 9.23 Å². The van der Waals surface area contributed by atoms with Gasteiger partial charge in [-0.1, -0.05) is 12.8 Å². The molecule has 0 saturated heterocycles. The van der Waals surface area contributed by atoms with Crippen LogP contribution in [0.25, 0.3) is 0 Å². The summed E-state index contributed by atoms with van der Waals surface area (Å²) < 4.78 is 18.5. The Kier molecular flexibility index (Phi) is 6.24. The first-order valence-corrected chi connectivity index (χ1v) is 6.22. The van der Waals surface area contributed by atoms with Crippen molar-refractivity contribution < 1.29 is 9.13 Å². The second-order valence-electron chi connectivity index (χ2n) is 3.86. The predicted molar refractivity (Wildman–Crippen MR) is 65.8 cm³/mol. The molecule has 1 aromatic carbocycles. The predicted octanol–water partition coefficient (Wildman–Crippen LogP) is 4.31. The van der Waals surface area contributed by atoms with Crippen molar-refractivity contribution in [3.63, 3.8) is 0 Å². The summed E-state index contributed by atoms with van der Waals surface area (Å²) in [6.07, 6.45) is 4.37. The Morgan fingerprint density at radius 2 is 1.94 bits per heavy atom. The Labute approximate surface area is 102 Å². The largest absolute Gasteiger partial charge is 0.494 e. The summed E-state index contributed by atoms with van der Waals surface area (Å²) in [6, 6.07) is 4.84. The highest BCUT2D eigenvalue weighted by Crippen LogP contribution is 2.16. The van der Waals surface area contributed by atoms with E-state index in [1.165, 1.54) is 6.07 Å². The van der Waals surface area contributed by atoms with E-state index in [1.54, 1.807) is 19.1 Å². The third kappa shape index (κ3) is 4.84. The highest BCUT2D eigenvalue weighted by Gasteiger charge is 1.99. The van der Waals surface area contributed by atoms with E-state index in [-0.39, 0.29) is 5.82 Å². The zero-order chi connectivity index (χ0) is 11.8. The molecule has 0 aliphatic rings. The summed E-state index contributed by atoms with van der Waals surface area (Å²) in [5.41, 5.74) is 0.625. The summed E-state index contributed by atoms with van der Waals surface area (Å²) in [6.45, 7) is 2.43. The smallest absolute Gasteiger partial charge is 0.126 e. The molecule has 0 spiro atoms. The minimum Gasteiger partial charge on any atom is -0.494 e. The average molecular weight is 245 g/mol. The van der Waals surface area contributed by atoms with Gasteiger partial charge in [0.1, 0.15) is 11.6 Å². The van der Waals surface area contributed by atoms with Crippen molar-refractivity contribution in [2.24, 2.45) is 0 Å². The number of unbranched alkanes of at least 4 members (excludes halogenated alkanes) is 3. The maximum Gasteiger partial charge on any atom is 0.126 e. The molecular weight excluding hydrogens is 227 g/mol. The Morgan fingerprint density at radius 1 is 1.19 bits per heavy atom. The van der Waals surface area contributed by atoms with Crippen LogP contribution < -0.4 is 4.74 Å². The summed E-state index contributed by atoms with van der Waals surface area (Å²) in [4.78, 5) is 0. The van der Waals surface area contributed by atoms with Crippen molar-refractivity contribution in [2.45, 2.75) is 32.6 Å². The van der Waals surface area contributed by atoms with E-state index < -0.39 is 0 Å². The van der Waals surface area contributed by atoms with Gasteiger partial charge in [0.2, 0.25) is 0 Å². The fourth-order valence-electron chi connectivity index (χ4n) is 1.45. The van der Waals surface area contributed by atoms with Gasteiger partial charge in [0, 0.05) is 5.88 Å². The van der Waals surface area contributed by atoms with E-state index in [2.05, 4.69) is 0 Å². The molecular formula is C13H18ClFO. The first-order valence-electron chi connectivity index (χ1n) is 5.69. The molecule has 0 amide bonds. The van der Waals surface area contributed by atoms with Gasteiger partial charge in [-0.2, -0.15) is 0 Å². The highest BCUT2D eigenvalue weighted by molar-refractivity contribution is 6.17. The molecule has 1 aromatic rings. The molecule has 1 nitrogen and oxygen atoms in total. The van der Waals surface area contributed by atoms with Gasteiger partial charge in [-0.15, -0.1) is 11.6 Å². The first-order chi connectivity index (χ1) is 7.74. The van der Waals surface area contributed by atoms with Gasteiger partial charge < -0.3 is 4.74 Å². The Bertz CT molecular complexity index is 315. The van der Waals surface area contributed by atoms with Crippen LogP contribution in [-0.2, 0) is 0 Å². The molecule has 0 unspecified atom stereocenters. The molecule has 0 aromatic heterocycles. The lowest BCUT2D eigenvalue weighted by Crippen LogP contribution is -1.98. The second kappa shape index (κ2) is 7.50. The van der Waals surface area contributed by atoms with Gasteiger partial charge in [0.25, 0.3) is 0 Å². The minimum atomic E-state index is -0.186. The highest BCUT2D eigenvalue weighted by atomic mass is 35.5. The van der Waals surface area contributed by atoms with Crippen LogP contribution in [0.4, 0.5) is 4.39 Å². The van der Waals surface area contributed by atoms with Gasteiger partial charge in [-0.25, -0.2) is 4.39 Å². The van der Waals surface area contributed by atoms with E-state index in [0.29, 0.717) is 12.2 Å². The van der Waals surface area contributed by atoms with E-state index in [4.69, 9.17) is 16.3 Å². The summed E-state index contributed by atoms with van der Waals surface area (Å²) in [5, 5.41) is 0. The van der Waals surface area contributed by atoms with Crippen LogP contribution >= 0.6 is 11.6 Å². The number of rotatable bonds is 7. The van der Waals surface area contributed by atoms with Crippen LogP contribution in [0.5, 0.6) is 5.75 Å². The van der Waals surface area contributed by atoms with Crippen molar-refractivity contribution in [3.05, 3.63) is 29.6 Å². The number of aryl methyl sites for hydroxylation is 1. The molecule has 16 heavy (non-hydrogen) atoms. The summed E-state index contributed by atoms with van der Waals surface area (Å²) in [7, 11) is 0. The van der Waals surface area contributed by atoms with Crippen LogP contribution in [0.1, 0.15) is 31.2 Å². The third-order valence-electron chi connectivity index (χ3n) is 2.43. The second-order valence-corrected chi connectivity index (χ2v) is 4.24. The fourth-order valence-corrected chi connectivity index (χ4v) is 1.64. The molecule has 0 aliphatic heterocycles. The number of benzene rings is 1. The first kappa shape index (κ1) is 13.3. The van der Waals surface area contributed by atoms with Crippen LogP contribution in [0.15, 0.2) is 18.2 Å². The molecule has 3 heteroatoms. The number of halogens is 2. The lowest BCUT2D eigenvalue weighted by atomic mass is 10.2. The number of hydrogen-bond acceptors (Lipinski definition) is 1. The normalized spacial score (nSPS) is 10.4. The van der Waals surface area contributed by atoms with Gasteiger partial charge in [-0.3, -0.25) is 0 Å². The zero-order valence-electron chi connectivity index (χ0n) is 9.64. The fraction of sp³-hybridized carbons (Fsp3) is 0.538. The van der Waals surface area contributed by atoms with Crippen LogP contribution in [-0.4, -0.2) is 12.5 Å². The van der Waals surface area contributed by atoms with E-state index in [1.807, 2.05) is 0 Å². The molecule has 0 radical (unpaired) electrons. The van der Waals surface area contributed by atoms with Crippen LogP contribution in [0, 0.1) is 12.7 Å². The molecule has 0 fully saturated rings. The van der Waals surface area contributed by atoms with Crippen LogP contribution in [0.2, 0.25) is 0 Å². The maximum atomic E-state index is 13.0. The zero-order valence-corrected chi connectivity index (χ0v) is 10.4. The number of hydrogen-bond donors (Lipinski definition) is 0. The number of ether oxygens (including phenoxy) is 1. The molecule has 0 heterocycles. The summed E-state index contributed by atoms with van der Waals surface area (Å²) in [5.74, 6) is 1.29. The van der Waals surface area contributed by atoms with Crippen molar-refractivity contribution >= 4 is 11.6 Å². The molecule has 0 N–H and O–H groups in total. The van der Waals surface area contributed by atoms with E-state index in [9.17, 15) is 4.39 Å². The quantitative estimate of drug-likeness (QED) is 0.513. The van der Waals surface area contributed by atoms with E-state index in [0.717, 1.165) is 37.3 Å². The standard InChI is InChI=1S/C13H18ClFO/c1-11-10-12(6-7-13(11)15)16-9-5-3-2-4-8-14/h6-7,10H,2-5,8-9H2,1H3. The van der Waals surface area contributed by atoms with Crippen molar-refractivity contribution in [2.75, 3.05) is 12.5 Å². The third-order valence-corrected chi connectivity index (χ3v) is 2.69.